The van der Waals surface area contributed by atoms with Crippen LogP contribution in [0.15, 0.2) is 24.3 Å². The van der Waals surface area contributed by atoms with Gasteiger partial charge in [0.25, 0.3) is 0 Å². The van der Waals surface area contributed by atoms with Crippen molar-refractivity contribution in [2.24, 2.45) is 5.92 Å². The van der Waals surface area contributed by atoms with Gasteiger partial charge < -0.3 is 20.1 Å². The zero-order valence-corrected chi connectivity index (χ0v) is 18.4. The topological polar surface area (TPSA) is 100 Å². The van der Waals surface area contributed by atoms with Crippen LogP contribution in [-0.2, 0) is 9.53 Å². The minimum absolute atomic E-state index is 0.123. The molecule has 30 heavy (non-hydrogen) atoms. The maximum Gasteiger partial charge on any atom is 0.408 e. The summed E-state index contributed by atoms with van der Waals surface area (Å²) < 4.78 is 11.1. The second-order valence-electron chi connectivity index (χ2n) is 7.97. The maximum absolute atomic E-state index is 12.7. The van der Waals surface area contributed by atoms with E-state index in [1.165, 1.54) is 0 Å². The number of carbonyl (C=O) groups excluding carboxylic acids is 2. The predicted molar refractivity (Wildman–Crippen MR) is 114 cm³/mol. The lowest BCUT2D eigenvalue weighted by atomic mass is 9.97. The minimum atomic E-state index is -0.729. The average Bonchev–Trinajstić information content (AvgIpc) is 2.72. The molecule has 1 aliphatic rings. The number of amides is 2. The van der Waals surface area contributed by atoms with Crippen LogP contribution in [0, 0.1) is 17.2 Å². The van der Waals surface area contributed by atoms with Crippen LogP contribution in [0.25, 0.3) is 0 Å². The number of benzene rings is 1. The van der Waals surface area contributed by atoms with Crippen LogP contribution in [-0.4, -0.2) is 42.2 Å². The summed E-state index contributed by atoms with van der Waals surface area (Å²) in [5.74, 6) is 0.187. The monoisotopic (exact) mass is 435 g/mol. The van der Waals surface area contributed by atoms with Gasteiger partial charge >= 0.3 is 6.09 Å². The Balaban J connectivity index is 1.83. The molecule has 2 N–H and O–H groups in total. The van der Waals surface area contributed by atoms with Crippen LogP contribution in [0.1, 0.15) is 52.0 Å². The summed E-state index contributed by atoms with van der Waals surface area (Å²) in [6.45, 7) is 5.78. The number of rotatable bonds is 8. The molecule has 0 aliphatic heterocycles. The molecule has 8 heteroatoms. The van der Waals surface area contributed by atoms with E-state index in [2.05, 4.69) is 10.6 Å². The van der Waals surface area contributed by atoms with E-state index in [0.717, 1.165) is 25.7 Å². The third-order valence-electron chi connectivity index (χ3n) is 4.97. The van der Waals surface area contributed by atoms with Crippen molar-refractivity contribution in [2.75, 3.05) is 6.61 Å². The molecule has 1 fully saturated rings. The number of nitrogens with one attached hydrogen (secondary N) is 2. The van der Waals surface area contributed by atoms with E-state index in [9.17, 15) is 9.59 Å². The van der Waals surface area contributed by atoms with Gasteiger partial charge in [0.05, 0.1) is 23.1 Å². The Morgan fingerprint density at radius 3 is 2.43 bits per heavy atom. The molecule has 0 aromatic heterocycles. The van der Waals surface area contributed by atoms with Crippen LogP contribution >= 0.6 is 11.6 Å². The van der Waals surface area contributed by atoms with E-state index in [1.807, 2.05) is 26.8 Å². The van der Waals surface area contributed by atoms with Gasteiger partial charge in [0, 0.05) is 0 Å². The number of hydrogen-bond acceptors (Lipinski definition) is 5. The molecule has 164 valence electrons. The first kappa shape index (κ1) is 23.8. The molecule has 2 rings (SSSR count). The molecule has 0 radical (unpaired) electrons. The molecule has 2 amide bonds. The second kappa shape index (κ2) is 11.7. The van der Waals surface area contributed by atoms with Crippen LogP contribution in [0.5, 0.6) is 5.75 Å². The zero-order chi connectivity index (χ0) is 22.1. The first-order chi connectivity index (χ1) is 14.3. The summed E-state index contributed by atoms with van der Waals surface area (Å²) in [5, 5.41) is 14.2. The van der Waals surface area contributed by atoms with Crippen LogP contribution in [0.3, 0.4) is 0 Å². The summed E-state index contributed by atoms with van der Waals surface area (Å²) in [7, 11) is 0. The summed E-state index contributed by atoms with van der Waals surface area (Å²) in [6, 6.07) is 7.78. The highest BCUT2D eigenvalue weighted by Crippen LogP contribution is 2.25. The van der Waals surface area contributed by atoms with Crippen LogP contribution in [0.2, 0.25) is 0 Å². The van der Waals surface area contributed by atoms with Crippen molar-refractivity contribution in [1.29, 1.82) is 5.26 Å². The molecule has 3 unspecified atom stereocenters. The van der Waals surface area contributed by atoms with Crippen molar-refractivity contribution in [2.45, 2.75) is 70.0 Å². The fourth-order valence-corrected chi connectivity index (χ4v) is 3.57. The first-order valence-corrected chi connectivity index (χ1v) is 10.8. The quantitative estimate of drug-likeness (QED) is 0.606. The summed E-state index contributed by atoms with van der Waals surface area (Å²) in [6.07, 6.45) is 2.63. The van der Waals surface area contributed by atoms with Gasteiger partial charge in [-0.25, -0.2) is 4.79 Å². The van der Waals surface area contributed by atoms with Gasteiger partial charge in [-0.05, 0) is 56.4 Å². The minimum Gasteiger partial charge on any atom is -0.491 e. The molecular weight excluding hydrogens is 406 g/mol. The zero-order valence-electron chi connectivity index (χ0n) is 17.7. The Bertz CT molecular complexity index is 748. The fraction of sp³-hybridized carbons (Fsp3) is 0.591. The molecule has 1 saturated carbocycles. The van der Waals surface area contributed by atoms with Gasteiger partial charge in [0.2, 0.25) is 5.91 Å². The Labute approximate surface area is 183 Å². The Morgan fingerprint density at radius 1 is 1.17 bits per heavy atom. The average molecular weight is 436 g/mol. The van der Waals surface area contributed by atoms with Crippen molar-refractivity contribution < 1.29 is 19.1 Å². The maximum atomic E-state index is 12.7. The number of ether oxygens (including phenoxy) is 2. The highest BCUT2D eigenvalue weighted by atomic mass is 35.5. The van der Waals surface area contributed by atoms with Crippen molar-refractivity contribution >= 4 is 23.6 Å². The highest BCUT2D eigenvalue weighted by molar-refractivity contribution is 6.21. The lowest BCUT2D eigenvalue weighted by Gasteiger charge is -2.29. The van der Waals surface area contributed by atoms with Crippen LogP contribution < -0.4 is 15.4 Å². The molecule has 4 atom stereocenters. The highest BCUT2D eigenvalue weighted by Gasteiger charge is 2.30. The molecule has 0 bridgehead atoms. The molecule has 7 nitrogen and oxygen atoms in total. The standard InChI is InChI=1S/C22H30ClN3O4/c1-14(2)20(26-22(28)30-19-7-5-4-6-18(19)23)21(27)25-15(3)13-29-17-10-8-16(12-24)9-11-17/h8-11,14-15,18-20H,4-7,13H2,1-3H3,(H,25,27)(H,26,28)/t15?,18?,19?,20-/m0/s1. The van der Waals surface area contributed by atoms with Crippen molar-refractivity contribution in [3.8, 4) is 11.8 Å². The number of hydrogen-bond donors (Lipinski definition) is 2. The fourth-order valence-electron chi connectivity index (χ4n) is 3.24. The summed E-state index contributed by atoms with van der Waals surface area (Å²) >= 11 is 6.25. The molecular formula is C22H30ClN3O4. The van der Waals surface area contributed by atoms with E-state index >= 15 is 0 Å². The molecule has 0 saturated heterocycles. The third kappa shape index (κ3) is 7.42. The van der Waals surface area contributed by atoms with E-state index in [1.54, 1.807) is 24.3 Å². The summed E-state index contributed by atoms with van der Waals surface area (Å²) in [4.78, 5) is 25.0. The largest absolute Gasteiger partial charge is 0.491 e. The van der Waals surface area contributed by atoms with Gasteiger partial charge in [-0.1, -0.05) is 20.3 Å². The Kier molecular flexibility index (Phi) is 9.25. The molecule has 1 aromatic rings. The smallest absolute Gasteiger partial charge is 0.408 e. The van der Waals surface area contributed by atoms with Gasteiger partial charge in [0.1, 0.15) is 24.5 Å². The summed E-state index contributed by atoms with van der Waals surface area (Å²) in [5.41, 5.74) is 0.551. The first-order valence-electron chi connectivity index (χ1n) is 10.3. The van der Waals surface area contributed by atoms with Gasteiger partial charge in [-0.15, -0.1) is 11.6 Å². The number of nitrogens with zero attached hydrogens (tertiary/aromatic N) is 1. The molecule has 0 heterocycles. The van der Waals surface area contributed by atoms with Gasteiger partial charge in [-0.2, -0.15) is 5.26 Å². The lowest BCUT2D eigenvalue weighted by Crippen LogP contribution is -2.53. The number of halogens is 1. The van der Waals surface area contributed by atoms with Gasteiger partial charge in [0.15, 0.2) is 0 Å². The number of alkyl carbamates (subject to hydrolysis) is 1. The molecule has 1 aromatic carbocycles. The molecule has 1 aliphatic carbocycles. The number of nitriles is 1. The Hall–Kier alpha value is -2.46. The van der Waals surface area contributed by atoms with Gasteiger partial charge in [-0.3, -0.25) is 4.79 Å². The van der Waals surface area contributed by atoms with E-state index < -0.39 is 12.1 Å². The van der Waals surface area contributed by atoms with E-state index in [0.29, 0.717) is 11.3 Å². The van der Waals surface area contributed by atoms with Crippen LogP contribution in [0.4, 0.5) is 4.79 Å². The second-order valence-corrected chi connectivity index (χ2v) is 8.53. The van der Waals surface area contributed by atoms with Crippen molar-refractivity contribution in [3.05, 3.63) is 29.8 Å². The van der Waals surface area contributed by atoms with E-state index in [4.69, 9.17) is 26.3 Å². The van der Waals surface area contributed by atoms with Crippen molar-refractivity contribution in [1.82, 2.24) is 10.6 Å². The SMILES string of the molecule is CC(COc1ccc(C#N)cc1)NC(=O)[C@@H](NC(=O)OC1CCCCC1Cl)C(C)C. The Morgan fingerprint density at radius 2 is 1.83 bits per heavy atom. The predicted octanol–water partition coefficient (Wildman–Crippen LogP) is 3.74. The normalized spacial score (nSPS) is 20.5. The third-order valence-corrected chi connectivity index (χ3v) is 5.47. The van der Waals surface area contributed by atoms with E-state index in [-0.39, 0.29) is 36.0 Å². The number of alkyl halides is 1. The molecule has 0 spiro atoms. The lowest BCUT2D eigenvalue weighted by molar-refractivity contribution is -0.124. The number of carbonyl (C=O) groups is 2. The van der Waals surface area contributed by atoms with Crippen molar-refractivity contribution in [3.63, 3.8) is 0 Å².